The van der Waals surface area contributed by atoms with E-state index >= 15 is 0 Å². The number of nitrogens with zero attached hydrogens (tertiary/aromatic N) is 5. The molecule has 0 N–H and O–H groups in total. The number of anilines is 3. The lowest BCUT2D eigenvalue weighted by atomic mass is 9.87. The lowest BCUT2D eigenvalue weighted by Crippen LogP contribution is -2.10. The summed E-state index contributed by atoms with van der Waals surface area (Å²) in [6, 6.07) is 77.8. The van der Waals surface area contributed by atoms with E-state index in [-0.39, 0.29) is 5.41 Å². The zero-order chi connectivity index (χ0) is 45.8. The number of para-hydroxylation sites is 4. The van der Waals surface area contributed by atoms with Crippen molar-refractivity contribution in [3.05, 3.63) is 235 Å². The minimum absolute atomic E-state index is 0.0783. The van der Waals surface area contributed by atoms with Gasteiger partial charge in [0.1, 0.15) is 0 Å². The highest BCUT2D eigenvalue weighted by Crippen LogP contribution is 2.39. The number of benzene rings is 9. The van der Waals surface area contributed by atoms with E-state index in [1.54, 1.807) is 0 Å². The summed E-state index contributed by atoms with van der Waals surface area (Å²) in [6.07, 6.45) is 4.28. The number of rotatable bonds is 9. The van der Waals surface area contributed by atoms with Crippen molar-refractivity contribution in [3.8, 4) is 34.3 Å². The first-order chi connectivity index (χ1) is 33.3. The van der Waals surface area contributed by atoms with Crippen molar-refractivity contribution in [2.24, 2.45) is 0 Å². The van der Waals surface area contributed by atoms with Gasteiger partial charge in [0, 0.05) is 61.1 Å². The van der Waals surface area contributed by atoms with Crippen LogP contribution >= 0.6 is 0 Å². The quantitative estimate of drug-likeness (QED) is 0.136. The monoisotopic (exact) mass is 877 g/mol. The largest absolute Gasteiger partial charge is 0.416 e. The SMILES string of the molecule is CC(C)(C)c1ccc(-c2nnc(-c3ccc(/C=C/c4ccc(N(c5ccc(-n6c7ccccc7c7ccccc76)cc5)c5ccc(-n6c7ccccc7c7ccccc76)cc5)cc4)cc3)o2)cc1. The predicted octanol–water partition coefficient (Wildman–Crippen LogP) is 16.5. The van der Waals surface area contributed by atoms with Crippen LogP contribution < -0.4 is 4.90 Å². The van der Waals surface area contributed by atoms with Crippen molar-refractivity contribution in [1.82, 2.24) is 19.3 Å². The Labute approximate surface area is 395 Å². The van der Waals surface area contributed by atoms with Gasteiger partial charge in [0.2, 0.25) is 11.8 Å². The molecule has 6 heteroatoms. The molecule has 68 heavy (non-hydrogen) atoms. The van der Waals surface area contributed by atoms with Crippen LogP contribution in [0.1, 0.15) is 37.5 Å². The highest BCUT2D eigenvalue weighted by atomic mass is 16.4. The molecule has 0 spiro atoms. The van der Waals surface area contributed by atoms with E-state index in [4.69, 9.17) is 4.42 Å². The van der Waals surface area contributed by atoms with Crippen LogP contribution in [0, 0.1) is 0 Å². The van der Waals surface area contributed by atoms with Crippen molar-refractivity contribution in [2.75, 3.05) is 4.90 Å². The molecule has 3 heterocycles. The summed E-state index contributed by atoms with van der Waals surface area (Å²) in [4.78, 5) is 2.33. The van der Waals surface area contributed by atoms with Crippen LogP contribution in [0.4, 0.5) is 17.1 Å². The van der Waals surface area contributed by atoms with Crippen LogP contribution in [-0.2, 0) is 5.41 Å². The molecule has 326 valence electrons. The first-order valence-corrected chi connectivity index (χ1v) is 23.1. The fourth-order valence-corrected chi connectivity index (χ4v) is 9.58. The van der Waals surface area contributed by atoms with Gasteiger partial charge >= 0.3 is 0 Å². The third-order valence-electron chi connectivity index (χ3n) is 13.1. The van der Waals surface area contributed by atoms with Crippen molar-refractivity contribution in [1.29, 1.82) is 0 Å². The molecule has 6 nitrogen and oxygen atoms in total. The molecule has 0 radical (unpaired) electrons. The summed E-state index contributed by atoms with van der Waals surface area (Å²) < 4.78 is 10.8. The molecule has 0 saturated heterocycles. The molecule has 0 aliphatic heterocycles. The molecule has 0 amide bonds. The Balaban J connectivity index is 0.846. The van der Waals surface area contributed by atoms with Crippen LogP contribution in [0.2, 0.25) is 0 Å². The van der Waals surface area contributed by atoms with Crippen LogP contribution in [0.25, 0.3) is 90.0 Å². The normalized spacial score (nSPS) is 12.0. The molecule has 0 saturated carbocycles. The summed E-state index contributed by atoms with van der Waals surface area (Å²) in [6.45, 7) is 6.62. The van der Waals surface area contributed by atoms with Crippen molar-refractivity contribution in [2.45, 2.75) is 26.2 Å². The summed E-state index contributed by atoms with van der Waals surface area (Å²) >= 11 is 0. The molecule has 12 aromatic rings. The third-order valence-corrected chi connectivity index (χ3v) is 13.1. The van der Waals surface area contributed by atoms with Gasteiger partial charge in [-0.15, -0.1) is 10.2 Å². The van der Waals surface area contributed by atoms with Crippen LogP contribution in [0.5, 0.6) is 0 Å². The molecule has 12 rings (SSSR count). The van der Waals surface area contributed by atoms with Gasteiger partial charge in [0.05, 0.1) is 22.1 Å². The van der Waals surface area contributed by atoms with Gasteiger partial charge in [0.25, 0.3) is 0 Å². The standard InChI is InChI=1S/C62H47N5O/c1-62(2,3)46-30-28-45(29-31-46)61-64-63-60(68-61)44-26-22-42(23-27-44)20-21-43-24-32-47(33-25-43)65(48-34-38-50(39-35-48)66-56-16-8-4-12-52(56)53-13-5-9-17-57(53)66)49-36-40-51(41-37-49)67-58-18-10-6-14-54(58)55-15-7-11-19-59(55)67/h4-41H,1-3H3/b21-20+. The maximum Gasteiger partial charge on any atom is 0.248 e. The molecule has 0 fully saturated rings. The van der Waals surface area contributed by atoms with E-state index in [1.807, 2.05) is 24.3 Å². The highest BCUT2D eigenvalue weighted by molar-refractivity contribution is 6.10. The van der Waals surface area contributed by atoms with Gasteiger partial charge in [-0.05, 0) is 131 Å². The number of aromatic nitrogens is 4. The fourth-order valence-electron chi connectivity index (χ4n) is 9.58. The predicted molar refractivity (Wildman–Crippen MR) is 283 cm³/mol. The average Bonchev–Trinajstić information content (AvgIpc) is 4.11. The van der Waals surface area contributed by atoms with Gasteiger partial charge in [-0.25, -0.2) is 0 Å². The summed E-state index contributed by atoms with van der Waals surface area (Å²) in [7, 11) is 0. The molecule has 9 aromatic carbocycles. The van der Waals surface area contributed by atoms with Gasteiger partial charge in [-0.2, -0.15) is 0 Å². The first-order valence-electron chi connectivity index (χ1n) is 23.1. The van der Waals surface area contributed by atoms with Gasteiger partial charge in [0.15, 0.2) is 0 Å². The van der Waals surface area contributed by atoms with E-state index in [0.29, 0.717) is 11.8 Å². The molecular weight excluding hydrogens is 831 g/mol. The topological polar surface area (TPSA) is 52.0 Å². The third kappa shape index (κ3) is 7.33. The van der Waals surface area contributed by atoms with Crippen LogP contribution in [0.15, 0.2) is 223 Å². The molecule has 0 aliphatic rings. The zero-order valence-corrected chi connectivity index (χ0v) is 38.1. The second-order valence-corrected chi connectivity index (χ2v) is 18.4. The number of hydrogen-bond donors (Lipinski definition) is 0. The van der Waals surface area contributed by atoms with E-state index in [2.05, 4.69) is 251 Å². The Hall–Kier alpha value is -8.74. The van der Waals surface area contributed by atoms with Crippen molar-refractivity contribution in [3.63, 3.8) is 0 Å². The number of fused-ring (bicyclic) bond motifs is 6. The Kier molecular flexibility index (Phi) is 9.95. The molecule has 0 aliphatic carbocycles. The van der Waals surface area contributed by atoms with Gasteiger partial charge in [-0.3, -0.25) is 0 Å². The molecular formula is C62H47N5O. The molecule has 3 aromatic heterocycles. The fraction of sp³-hybridized carbons (Fsp3) is 0.0645. The Morgan fingerprint density at radius 2 is 0.706 bits per heavy atom. The second-order valence-electron chi connectivity index (χ2n) is 18.4. The van der Waals surface area contributed by atoms with E-state index in [0.717, 1.165) is 50.7 Å². The second kappa shape index (κ2) is 16.6. The van der Waals surface area contributed by atoms with Gasteiger partial charge < -0.3 is 18.5 Å². The van der Waals surface area contributed by atoms with Crippen molar-refractivity contribution < 1.29 is 4.42 Å². The number of hydrogen-bond acceptors (Lipinski definition) is 4. The molecule has 0 bridgehead atoms. The zero-order valence-electron chi connectivity index (χ0n) is 38.1. The minimum atomic E-state index is 0.0783. The van der Waals surface area contributed by atoms with Gasteiger partial charge in [-0.1, -0.05) is 142 Å². The smallest absolute Gasteiger partial charge is 0.248 e. The van der Waals surface area contributed by atoms with Crippen LogP contribution in [0.3, 0.4) is 0 Å². The summed E-state index contributed by atoms with van der Waals surface area (Å²) in [5.74, 6) is 1.01. The first kappa shape index (κ1) is 40.7. The minimum Gasteiger partial charge on any atom is -0.416 e. The Morgan fingerprint density at radius 3 is 1.07 bits per heavy atom. The summed E-state index contributed by atoms with van der Waals surface area (Å²) in [5, 5.41) is 13.7. The van der Waals surface area contributed by atoms with E-state index in [1.165, 1.54) is 49.2 Å². The summed E-state index contributed by atoms with van der Waals surface area (Å²) in [5.41, 5.74) is 15.5. The Morgan fingerprint density at radius 1 is 0.382 bits per heavy atom. The maximum absolute atomic E-state index is 6.11. The lowest BCUT2D eigenvalue weighted by Gasteiger charge is -2.26. The van der Waals surface area contributed by atoms with Crippen molar-refractivity contribution >= 4 is 72.8 Å². The highest BCUT2D eigenvalue weighted by Gasteiger charge is 2.18. The molecule has 0 unspecified atom stereocenters. The van der Waals surface area contributed by atoms with E-state index in [9.17, 15) is 0 Å². The average molecular weight is 878 g/mol. The van der Waals surface area contributed by atoms with E-state index < -0.39 is 0 Å². The molecule has 0 atom stereocenters. The van der Waals surface area contributed by atoms with Crippen LogP contribution in [-0.4, -0.2) is 19.3 Å². The Bertz CT molecular complexity index is 3530. The maximum atomic E-state index is 6.11. The lowest BCUT2D eigenvalue weighted by molar-refractivity contribution is 0.582.